The molecule has 0 aliphatic rings. The Balaban J connectivity index is 1.71. The zero-order chi connectivity index (χ0) is 26.0. The molecule has 0 bridgehead atoms. The third-order valence-electron chi connectivity index (χ3n) is 6.09. The Morgan fingerprint density at radius 1 is 0.806 bits per heavy atom. The van der Waals surface area contributed by atoms with Gasteiger partial charge in [0.25, 0.3) is 5.91 Å². The highest BCUT2D eigenvalue weighted by molar-refractivity contribution is 5.94. The molecule has 1 N–H and O–H groups in total. The Bertz CT molecular complexity index is 949. The van der Waals surface area contributed by atoms with Gasteiger partial charge in [-0.3, -0.25) is 9.59 Å². The van der Waals surface area contributed by atoms with E-state index in [2.05, 4.69) is 18.3 Å². The van der Waals surface area contributed by atoms with Gasteiger partial charge in [-0.1, -0.05) is 89.0 Å². The number of carbonyl (C=O) groups excluding carboxylic acids is 2. The molecule has 2 rings (SSSR count). The SMILES string of the molecule is CCCCCCCCCCCCNC(=O)c1ccc(CN(Cc2ccc(C#N)cc2)OC(C)=O)cc1. The number of hydrogen-bond donors (Lipinski definition) is 1. The number of nitrogens with zero attached hydrogens (tertiary/aromatic N) is 2. The van der Waals surface area contributed by atoms with Crippen LogP contribution in [-0.2, 0) is 22.7 Å². The number of nitrogens with one attached hydrogen (secondary N) is 1. The van der Waals surface area contributed by atoms with Gasteiger partial charge < -0.3 is 10.2 Å². The number of nitriles is 1. The van der Waals surface area contributed by atoms with Crippen LogP contribution in [0.5, 0.6) is 0 Å². The van der Waals surface area contributed by atoms with E-state index in [1.807, 2.05) is 24.3 Å². The predicted molar refractivity (Wildman–Crippen MR) is 143 cm³/mol. The van der Waals surface area contributed by atoms with Gasteiger partial charge in [-0.15, -0.1) is 5.06 Å². The minimum Gasteiger partial charge on any atom is -0.368 e. The molecule has 0 saturated carbocycles. The molecule has 0 fully saturated rings. The van der Waals surface area contributed by atoms with Gasteiger partial charge >= 0.3 is 5.97 Å². The van der Waals surface area contributed by atoms with Crippen molar-refractivity contribution < 1.29 is 14.4 Å². The largest absolute Gasteiger partial charge is 0.368 e. The summed E-state index contributed by atoms with van der Waals surface area (Å²) in [4.78, 5) is 29.4. The lowest BCUT2D eigenvalue weighted by Gasteiger charge is -2.21. The fraction of sp³-hybridized carbons (Fsp3) is 0.500. The van der Waals surface area contributed by atoms with Gasteiger partial charge in [0.1, 0.15) is 0 Å². The van der Waals surface area contributed by atoms with Crippen LogP contribution in [0.25, 0.3) is 0 Å². The molecule has 0 atom stereocenters. The van der Waals surface area contributed by atoms with Crippen molar-refractivity contribution in [3.63, 3.8) is 0 Å². The van der Waals surface area contributed by atoms with Crippen LogP contribution in [0, 0.1) is 11.3 Å². The van der Waals surface area contributed by atoms with E-state index in [-0.39, 0.29) is 5.91 Å². The lowest BCUT2D eigenvalue weighted by Crippen LogP contribution is -2.26. The van der Waals surface area contributed by atoms with Gasteiger partial charge in [0.15, 0.2) is 0 Å². The fourth-order valence-electron chi connectivity index (χ4n) is 4.07. The van der Waals surface area contributed by atoms with Crippen LogP contribution in [0.3, 0.4) is 0 Å². The Hall–Kier alpha value is -3.17. The number of amides is 1. The zero-order valence-corrected chi connectivity index (χ0v) is 21.9. The molecule has 0 aliphatic carbocycles. The predicted octanol–water partition coefficient (Wildman–Crippen LogP) is 6.69. The summed E-state index contributed by atoms with van der Waals surface area (Å²) < 4.78 is 0. The summed E-state index contributed by atoms with van der Waals surface area (Å²) in [5.41, 5.74) is 3.06. The molecule has 0 spiro atoms. The first-order chi connectivity index (χ1) is 17.5. The maximum atomic E-state index is 12.5. The molecule has 2 aromatic rings. The summed E-state index contributed by atoms with van der Waals surface area (Å²) in [5, 5.41) is 13.5. The highest BCUT2D eigenvalue weighted by Crippen LogP contribution is 2.14. The Morgan fingerprint density at radius 3 is 1.81 bits per heavy atom. The highest BCUT2D eigenvalue weighted by Gasteiger charge is 2.12. The smallest absolute Gasteiger partial charge is 0.322 e. The van der Waals surface area contributed by atoms with Gasteiger partial charge in [0, 0.05) is 19.0 Å². The van der Waals surface area contributed by atoms with Crippen LogP contribution in [0.15, 0.2) is 48.5 Å². The highest BCUT2D eigenvalue weighted by atomic mass is 16.7. The summed E-state index contributed by atoms with van der Waals surface area (Å²) in [6.07, 6.45) is 12.7. The van der Waals surface area contributed by atoms with Gasteiger partial charge in [-0.2, -0.15) is 5.26 Å². The summed E-state index contributed by atoms with van der Waals surface area (Å²) in [6, 6.07) is 16.6. The van der Waals surface area contributed by atoms with Crippen molar-refractivity contribution in [3.05, 3.63) is 70.8 Å². The molecule has 0 unspecified atom stereocenters. The maximum absolute atomic E-state index is 12.5. The number of rotatable bonds is 17. The number of hydroxylamine groups is 2. The topological polar surface area (TPSA) is 82.4 Å². The Morgan fingerprint density at radius 2 is 1.31 bits per heavy atom. The average Bonchev–Trinajstić information content (AvgIpc) is 2.87. The first-order valence-electron chi connectivity index (χ1n) is 13.3. The minimum atomic E-state index is -0.397. The molecule has 0 saturated heterocycles. The number of hydrogen-bond acceptors (Lipinski definition) is 5. The van der Waals surface area contributed by atoms with Crippen LogP contribution in [-0.4, -0.2) is 23.5 Å². The molecule has 0 aromatic heterocycles. The van der Waals surface area contributed by atoms with E-state index in [1.54, 1.807) is 29.3 Å². The second-order valence-electron chi connectivity index (χ2n) is 9.32. The molecule has 0 heterocycles. The van der Waals surface area contributed by atoms with Gasteiger partial charge in [-0.25, -0.2) is 0 Å². The molecule has 0 aliphatic heterocycles. The maximum Gasteiger partial charge on any atom is 0.322 e. The van der Waals surface area contributed by atoms with Crippen molar-refractivity contribution >= 4 is 11.9 Å². The average molecular weight is 492 g/mol. The van der Waals surface area contributed by atoms with Crippen LogP contribution < -0.4 is 5.32 Å². The van der Waals surface area contributed by atoms with E-state index < -0.39 is 5.97 Å². The third-order valence-corrected chi connectivity index (χ3v) is 6.09. The zero-order valence-electron chi connectivity index (χ0n) is 21.9. The van der Waals surface area contributed by atoms with Crippen LogP contribution >= 0.6 is 0 Å². The van der Waals surface area contributed by atoms with Crippen molar-refractivity contribution in [3.8, 4) is 6.07 Å². The van der Waals surface area contributed by atoms with Crippen molar-refractivity contribution in [2.75, 3.05) is 6.54 Å². The normalized spacial score (nSPS) is 10.7. The molecule has 2 aromatic carbocycles. The summed E-state index contributed by atoms with van der Waals surface area (Å²) >= 11 is 0. The van der Waals surface area contributed by atoms with Crippen molar-refractivity contribution in [2.45, 2.75) is 91.1 Å². The second kappa shape index (κ2) is 17.3. The summed E-state index contributed by atoms with van der Waals surface area (Å²) in [7, 11) is 0. The molecule has 36 heavy (non-hydrogen) atoms. The molecule has 6 nitrogen and oxygen atoms in total. The van der Waals surface area contributed by atoms with E-state index in [0.29, 0.717) is 30.8 Å². The monoisotopic (exact) mass is 491 g/mol. The summed E-state index contributed by atoms with van der Waals surface area (Å²) in [6.45, 7) is 5.10. The molecule has 194 valence electrons. The van der Waals surface area contributed by atoms with Gasteiger partial charge in [0.2, 0.25) is 0 Å². The lowest BCUT2D eigenvalue weighted by atomic mass is 10.1. The second-order valence-corrected chi connectivity index (χ2v) is 9.32. The quantitative estimate of drug-likeness (QED) is 0.197. The number of carbonyl (C=O) groups is 2. The third kappa shape index (κ3) is 12.0. The standard InChI is InChI=1S/C30H41N3O3/c1-3-4-5-6-7-8-9-10-11-12-21-32-30(35)29-19-17-28(18-20-29)24-33(36-25(2)34)23-27-15-13-26(22-31)14-16-27/h13-20H,3-12,21,23-24H2,1-2H3,(H,32,35). The van der Waals surface area contributed by atoms with E-state index in [9.17, 15) is 9.59 Å². The molecule has 0 radical (unpaired) electrons. The Labute approximate surface area is 216 Å². The number of unbranched alkanes of at least 4 members (excludes halogenated alkanes) is 9. The molecular formula is C30H41N3O3. The van der Waals surface area contributed by atoms with Crippen LogP contribution in [0.2, 0.25) is 0 Å². The molecular weight excluding hydrogens is 450 g/mol. The molecule has 6 heteroatoms. The number of benzene rings is 2. The van der Waals surface area contributed by atoms with Crippen molar-refractivity contribution in [1.82, 2.24) is 10.4 Å². The van der Waals surface area contributed by atoms with Crippen molar-refractivity contribution in [2.24, 2.45) is 0 Å². The first-order valence-corrected chi connectivity index (χ1v) is 13.3. The Kier molecular flexibility index (Phi) is 14.0. The summed E-state index contributed by atoms with van der Waals surface area (Å²) in [5.74, 6) is -0.460. The fourth-order valence-corrected chi connectivity index (χ4v) is 4.07. The van der Waals surface area contributed by atoms with E-state index in [1.165, 1.54) is 58.3 Å². The van der Waals surface area contributed by atoms with E-state index in [4.69, 9.17) is 10.1 Å². The van der Waals surface area contributed by atoms with Gasteiger partial charge in [-0.05, 0) is 41.8 Å². The first kappa shape index (κ1) is 29.1. The minimum absolute atomic E-state index is 0.0631. The lowest BCUT2D eigenvalue weighted by molar-refractivity contribution is -0.194. The van der Waals surface area contributed by atoms with Crippen LogP contribution in [0.4, 0.5) is 0 Å². The van der Waals surface area contributed by atoms with E-state index >= 15 is 0 Å². The molecule has 1 amide bonds. The van der Waals surface area contributed by atoms with Gasteiger partial charge in [0.05, 0.1) is 24.7 Å². The van der Waals surface area contributed by atoms with Crippen molar-refractivity contribution in [1.29, 1.82) is 5.26 Å². The van der Waals surface area contributed by atoms with Crippen LogP contribution in [0.1, 0.15) is 105 Å². The van der Waals surface area contributed by atoms with E-state index in [0.717, 1.165) is 24.0 Å².